The third-order valence-corrected chi connectivity index (χ3v) is 1.60. The van der Waals surface area contributed by atoms with Crippen molar-refractivity contribution in [3.8, 4) is 11.8 Å². The van der Waals surface area contributed by atoms with Crippen molar-refractivity contribution in [3.63, 3.8) is 0 Å². The predicted molar refractivity (Wildman–Crippen MR) is 52.5 cm³/mol. The van der Waals surface area contributed by atoms with Crippen molar-refractivity contribution >= 4 is 0 Å². The maximum Gasteiger partial charge on any atom is 0.220 e. The molecule has 0 aromatic carbocycles. The number of hydrogen-bond acceptors (Lipinski definition) is 5. The Morgan fingerprint density at radius 3 is 2.71 bits per heavy atom. The first-order valence-corrected chi connectivity index (χ1v) is 4.49. The van der Waals surface area contributed by atoms with Gasteiger partial charge in [-0.15, -0.1) is 0 Å². The number of ether oxygens (including phenoxy) is 2. The summed E-state index contributed by atoms with van der Waals surface area (Å²) in [5, 5.41) is 0. The SMILES string of the molecule is COc1cc(OCCCN)nc(C)n1. The van der Waals surface area contributed by atoms with E-state index in [0.717, 1.165) is 6.42 Å². The molecule has 0 aliphatic carbocycles. The molecule has 5 heteroatoms. The molecule has 1 rings (SSSR count). The first kappa shape index (κ1) is 10.7. The molecule has 0 radical (unpaired) electrons. The van der Waals surface area contributed by atoms with Crippen LogP contribution in [0.2, 0.25) is 0 Å². The molecule has 14 heavy (non-hydrogen) atoms. The zero-order chi connectivity index (χ0) is 10.4. The summed E-state index contributed by atoms with van der Waals surface area (Å²) in [6, 6.07) is 1.66. The molecule has 5 nitrogen and oxygen atoms in total. The maximum atomic E-state index is 5.36. The lowest BCUT2D eigenvalue weighted by molar-refractivity contribution is 0.296. The summed E-state index contributed by atoms with van der Waals surface area (Å²) in [4.78, 5) is 8.14. The Hall–Kier alpha value is -1.36. The smallest absolute Gasteiger partial charge is 0.220 e. The van der Waals surface area contributed by atoms with Gasteiger partial charge in [0.15, 0.2) is 0 Å². The molecule has 0 unspecified atom stereocenters. The number of nitrogens with two attached hydrogens (primary N) is 1. The monoisotopic (exact) mass is 197 g/mol. The van der Waals surface area contributed by atoms with E-state index in [0.29, 0.717) is 30.7 Å². The van der Waals surface area contributed by atoms with Crippen LogP contribution in [0.1, 0.15) is 12.2 Å². The highest BCUT2D eigenvalue weighted by atomic mass is 16.5. The highest BCUT2D eigenvalue weighted by molar-refractivity contribution is 5.20. The quantitative estimate of drug-likeness (QED) is 0.697. The Labute approximate surface area is 83.3 Å². The summed E-state index contributed by atoms with van der Waals surface area (Å²) in [6.45, 7) is 2.97. The van der Waals surface area contributed by atoms with Crippen molar-refractivity contribution in [2.24, 2.45) is 5.73 Å². The fourth-order valence-electron chi connectivity index (χ4n) is 0.953. The molecular formula is C9H15N3O2. The second-order valence-electron chi connectivity index (χ2n) is 2.79. The fourth-order valence-corrected chi connectivity index (χ4v) is 0.953. The maximum absolute atomic E-state index is 5.36. The minimum absolute atomic E-state index is 0.514. The lowest BCUT2D eigenvalue weighted by Crippen LogP contribution is -2.07. The van der Waals surface area contributed by atoms with E-state index in [4.69, 9.17) is 15.2 Å². The zero-order valence-electron chi connectivity index (χ0n) is 8.49. The Balaban J connectivity index is 2.62. The topological polar surface area (TPSA) is 70.3 Å². The molecule has 0 saturated carbocycles. The van der Waals surface area contributed by atoms with E-state index in [1.54, 1.807) is 20.1 Å². The van der Waals surface area contributed by atoms with E-state index in [1.165, 1.54) is 0 Å². The predicted octanol–water partition coefficient (Wildman–Crippen LogP) is 0.521. The lowest BCUT2D eigenvalue weighted by atomic mass is 10.5. The third-order valence-electron chi connectivity index (χ3n) is 1.60. The summed E-state index contributed by atoms with van der Waals surface area (Å²) >= 11 is 0. The average Bonchev–Trinajstić information content (AvgIpc) is 2.17. The van der Waals surface area contributed by atoms with Crippen LogP contribution in [0.3, 0.4) is 0 Å². The van der Waals surface area contributed by atoms with Crippen molar-refractivity contribution in [2.45, 2.75) is 13.3 Å². The largest absolute Gasteiger partial charge is 0.481 e. The van der Waals surface area contributed by atoms with Gasteiger partial charge in [-0.1, -0.05) is 0 Å². The van der Waals surface area contributed by atoms with Gasteiger partial charge >= 0.3 is 0 Å². The molecule has 0 fully saturated rings. The van der Waals surface area contributed by atoms with Gasteiger partial charge in [-0.05, 0) is 19.9 Å². The standard InChI is InChI=1S/C9H15N3O2/c1-7-11-8(13-2)6-9(12-7)14-5-3-4-10/h6H,3-5,10H2,1-2H3. The molecule has 1 aromatic heterocycles. The van der Waals surface area contributed by atoms with Crippen LogP contribution in [-0.4, -0.2) is 30.2 Å². The minimum atomic E-state index is 0.514. The molecule has 0 amide bonds. The van der Waals surface area contributed by atoms with Crippen molar-refractivity contribution in [1.29, 1.82) is 0 Å². The van der Waals surface area contributed by atoms with Crippen molar-refractivity contribution in [1.82, 2.24) is 9.97 Å². The summed E-state index contributed by atoms with van der Waals surface area (Å²) < 4.78 is 10.3. The van der Waals surface area contributed by atoms with Crippen LogP contribution in [0.25, 0.3) is 0 Å². The van der Waals surface area contributed by atoms with Gasteiger partial charge in [0.25, 0.3) is 0 Å². The highest BCUT2D eigenvalue weighted by Crippen LogP contribution is 2.14. The molecule has 0 atom stereocenters. The highest BCUT2D eigenvalue weighted by Gasteiger charge is 2.01. The van der Waals surface area contributed by atoms with E-state index in [9.17, 15) is 0 Å². The number of rotatable bonds is 5. The van der Waals surface area contributed by atoms with Crippen molar-refractivity contribution in [2.75, 3.05) is 20.3 Å². The Morgan fingerprint density at radius 2 is 2.07 bits per heavy atom. The molecule has 1 aromatic rings. The van der Waals surface area contributed by atoms with E-state index < -0.39 is 0 Å². The Kier molecular flexibility index (Phi) is 4.12. The normalized spacial score (nSPS) is 9.93. The minimum Gasteiger partial charge on any atom is -0.481 e. The average molecular weight is 197 g/mol. The van der Waals surface area contributed by atoms with Gasteiger partial charge in [-0.2, -0.15) is 9.97 Å². The second kappa shape index (κ2) is 5.39. The van der Waals surface area contributed by atoms with Crippen molar-refractivity contribution in [3.05, 3.63) is 11.9 Å². The van der Waals surface area contributed by atoms with Crippen LogP contribution in [0.4, 0.5) is 0 Å². The second-order valence-corrected chi connectivity index (χ2v) is 2.79. The van der Waals surface area contributed by atoms with E-state index >= 15 is 0 Å². The number of methoxy groups -OCH3 is 1. The van der Waals surface area contributed by atoms with Crippen LogP contribution < -0.4 is 15.2 Å². The molecule has 0 aliphatic rings. The van der Waals surface area contributed by atoms with Gasteiger partial charge < -0.3 is 15.2 Å². The summed E-state index contributed by atoms with van der Waals surface area (Å²) in [5.41, 5.74) is 5.34. The molecule has 78 valence electrons. The van der Waals surface area contributed by atoms with Crippen LogP contribution in [0.15, 0.2) is 6.07 Å². The Bertz CT molecular complexity index is 291. The molecule has 0 saturated heterocycles. The Morgan fingerprint density at radius 1 is 1.36 bits per heavy atom. The first-order chi connectivity index (χ1) is 6.76. The van der Waals surface area contributed by atoms with Gasteiger partial charge in [0.1, 0.15) is 5.82 Å². The third kappa shape index (κ3) is 3.18. The molecule has 0 aliphatic heterocycles. The molecule has 1 heterocycles. The lowest BCUT2D eigenvalue weighted by Gasteiger charge is -2.06. The van der Waals surface area contributed by atoms with E-state index in [1.807, 2.05) is 0 Å². The number of hydrogen-bond donors (Lipinski definition) is 1. The number of aryl methyl sites for hydroxylation is 1. The van der Waals surface area contributed by atoms with Gasteiger partial charge in [0.05, 0.1) is 19.8 Å². The first-order valence-electron chi connectivity index (χ1n) is 4.49. The summed E-state index contributed by atoms with van der Waals surface area (Å²) in [7, 11) is 1.56. The summed E-state index contributed by atoms with van der Waals surface area (Å²) in [5.74, 6) is 1.68. The van der Waals surface area contributed by atoms with Crippen molar-refractivity contribution < 1.29 is 9.47 Å². The van der Waals surface area contributed by atoms with Crippen LogP contribution in [0.5, 0.6) is 11.8 Å². The fraction of sp³-hybridized carbons (Fsp3) is 0.556. The molecular weight excluding hydrogens is 182 g/mol. The van der Waals surface area contributed by atoms with Gasteiger partial charge in [0.2, 0.25) is 11.8 Å². The number of nitrogens with zero attached hydrogens (tertiary/aromatic N) is 2. The molecule has 0 spiro atoms. The van der Waals surface area contributed by atoms with Crippen LogP contribution >= 0.6 is 0 Å². The van der Waals surface area contributed by atoms with Gasteiger partial charge in [0, 0.05) is 0 Å². The molecule has 0 bridgehead atoms. The van der Waals surface area contributed by atoms with Gasteiger partial charge in [-0.3, -0.25) is 0 Å². The summed E-state index contributed by atoms with van der Waals surface area (Å²) in [6.07, 6.45) is 0.811. The zero-order valence-corrected chi connectivity index (χ0v) is 8.49. The van der Waals surface area contributed by atoms with Crippen LogP contribution in [0, 0.1) is 6.92 Å². The number of aromatic nitrogens is 2. The van der Waals surface area contributed by atoms with Gasteiger partial charge in [-0.25, -0.2) is 0 Å². The van der Waals surface area contributed by atoms with E-state index in [-0.39, 0.29) is 0 Å². The van der Waals surface area contributed by atoms with E-state index in [2.05, 4.69) is 9.97 Å². The van der Waals surface area contributed by atoms with Crippen LogP contribution in [-0.2, 0) is 0 Å². The molecule has 2 N–H and O–H groups in total.